The maximum absolute atomic E-state index is 10.9. The van der Waals surface area contributed by atoms with Crippen molar-refractivity contribution in [2.24, 2.45) is 0 Å². The second kappa shape index (κ2) is 5.82. The van der Waals surface area contributed by atoms with E-state index in [1.165, 1.54) is 4.68 Å². The minimum atomic E-state index is -0.507. The molecule has 0 unspecified atom stereocenters. The molecule has 2 N–H and O–H groups in total. The Morgan fingerprint density at radius 1 is 1.48 bits per heavy atom. The third-order valence-electron chi connectivity index (χ3n) is 2.92. The highest BCUT2D eigenvalue weighted by atomic mass is 16.6. The smallest absolute Gasteiger partial charge is 0.333 e. The zero-order valence-corrected chi connectivity index (χ0v) is 12.2. The summed E-state index contributed by atoms with van der Waals surface area (Å²) in [6, 6.07) is 7.51. The molecular weight excluding hydrogens is 272 g/mol. The molecule has 1 aromatic carbocycles. The van der Waals surface area contributed by atoms with Crippen molar-refractivity contribution in [3.05, 3.63) is 45.6 Å². The van der Waals surface area contributed by atoms with Crippen molar-refractivity contribution < 1.29 is 9.66 Å². The molecular formula is C14H18N4O3. The van der Waals surface area contributed by atoms with Crippen molar-refractivity contribution in [2.45, 2.75) is 33.4 Å². The number of nitrogens with zero attached hydrogens (tertiary/aromatic N) is 3. The van der Waals surface area contributed by atoms with E-state index in [1.807, 2.05) is 38.1 Å². The van der Waals surface area contributed by atoms with Gasteiger partial charge in [0.2, 0.25) is 5.82 Å². The predicted molar refractivity (Wildman–Crippen MR) is 79.3 cm³/mol. The summed E-state index contributed by atoms with van der Waals surface area (Å²) in [5, 5.41) is 15.1. The lowest BCUT2D eigenvalue weighted by Crippen LogP contribution is -2.08. The summed E-state index contributed by atoms with van der Waals surface area (Å²) in [4.78, 5) is 10.4. The second-order valence-corrected chi connectivity index (χ2v) is 5.05. The molecule has 2 rings (SSSR count). The van der Waals surface area contributed by atoms with Crippen LogP contribution in [0.4, 0.5) is 11.5 Å². The highest BCUT2D eigenvalue weighted by molar-refractivity contribution is 5.56. The number of aryl methyl sites for hydroxylation is 1. The molecule has 7 heteroatoms. The van der Waals surface area contributed by atoms with Gasteiger partial charge in [0.1, 0.15) is 11.4 Å². The van der Waals surface area contributed by atoms with Gasteiger partial charge in [-0.1, -0.05) is 12.1 Å². The van der Waals surface area contributed by atoms with E-state index in [0.717, 1.165) is 11.3 Å². The molecule has 0 saturated heterocycles. The van der Waals surface area contributed by atoms with E-state index in [2.05, 4.69) is 5.10 Å². The van der Waals surface area contributed by atoms with Gasteiger partial charge in [0, 0.05) is 0 Å². The Kier molecular flexibility index (Phi) is 4.11. The second-order valence-electron chi connectivity index (χ2n) is 5.05. The average molecular weight is 290 g/mol. The highest BCUT2D eigenvalue weighted by Gasteiger charge is 2.22. The minimum absolute atomic E-state index is 0.0627. The summed E-state index contributed by atoms with van der Waals surface area (Å²) in [5.41, 5.74) is 6.89. The number of nitro groups is 1. The Hall–Kier alpha value is -2.57. The predicted octanol–water partition coefficient (Wildman–Crippen LogP) is 2.52. The molecule has 21 heavy (non-hydrogen) atoms. The normalized spacial score (nSPS) is 10.9. The molecule has 0 bridgehead atoms. The van der Waals surface area contributed by atoms with Crippen LogP contribution in [-0.2, 0) is 6.54 Å². The number of hydrogen-bond acceptors (Lipinski definition) is 5. The maximum Gasteiger partial charge on any atom is 0.333 e. The summed E-state index contributed by atoms with van der Waals surface area (Å²) in [6.07, 6.45) is 0.0818. The summed E-state index contributed by atoms with van der Waals surface area (Å²) in [6.45, 7) is 5.83. The van der Waals surface area contributed by atoms with Crippen molar-refractivity contribution in [1.82, 2.24) is 9.78 Å². The zero-order valence-electron chi connectivity index (χ0n) is 12.2. The SMILES string of the molecule is Cc1nn(Cc2cccc(OC(C)C)c2)c(N)c1[N+](=O)[O-]. The van der Waals surface area contributed by atoms with Crippen molar-refractivity contribution in [2.75, 3.05) is 5.73 Å². The van der Waals surface area contributed by atoms with Crippen molar-refractivity contribution in [3.8, 4) is 5.75 Å². The van der Waals surface area contributed by atoms with Gasteiger partial charge in [-0.05, 0) is 38.5 Å². The van der Waals surface area contributed by atoms with E-state index in [1.54, 1.807) is 6.92 Å². The number of benzene rings is 1. The summed E-state index contributed by atoms with van der Waals surface area (Å²) in [5.74, 6) is 0.812. The number of nitrogens with two attached hydrogens (primary N) is 1. The summed E-state index contributed by atoms with van der Waals surface area (Å²) >= 11 is 0. The van der Waals surface area contributed by atoms with E-state index >= 15 is 0 Å². The van der Waals surface area contributed by atoms with Gasteiger partial charge in [0.25, 0.3) is 0 Å². The fourth-order valence-corrected chi connectivity index (χ4v) is 2.10. The molecule has 2 aromatic rings. The van der Waals surface area contributed by atoms with E-state index in [0.29, 0.717) is 12.2 Å². The third kappa shape index (κ3) is 3.31. The van der Waals surface area contributed by atoms with Crippen molar-refractivity contribution in [1.29, 1.82) is 0 Å². The third-order valence-corrected chi connectivity index (χ3v) is 2.92. The van der Waals surface area contributed by atoms with Gasteiger partial charge in [0.15, 0.2) is 0 Å². The van der Waals surface area contributed by atoms with Crippen molar-refractivity contribution in [3.63, 3.8) is 0 Å². The fraction of sp³-hybridized carbons (Fsp3) is 0.357. The number of ether oxygens (including phenoxy) is 1. The summed E-state index contributed by atoms with van der Waals surface area (Å²) in [7, 11) is 0. The Morgan fingerprint density at radius 2 is 2.19 bits per heavy atom. The Labute approximate surface area is 122 Å². The van der Waals surface area contributed by atoms with Gasteiger partial charge in [-0.3, -0.25) is 10.1 Å². The van der Waals surface area contributed by atoms with Gasteiger partial charge in [-0.15, -0.1) is 0 Å². The van der Waals surface area contributed by atoms with Crippen LogP contribution in [0.25, 0.3) is 0 Å². The monoisotopic (exact) mass is 290 g/mol. The average Bonchev–Trinajstić information content (AvgIpc) is 2.63. The molecule has 0 saturated carbocycles. The zero-order chi connectivity index (χ0) is 15.6. The Morgan fingerprint density at radius 3 is 2.76 bits per heavy atom. The standard InChI is InChI=1S/C14H18N4O3/c1-9(2)21-12-6-4-5-11(7-12)8-17-14(15)13(18(19)20)10(3)16-17/h4-7,9H,8,15H2,1-3H3. The van der Waals surface area contributed by atoms with Crippen LogP contribution in [0.5, 0.6) is 5.75 Å². The van der Waals surface area contributed by atoms with Gasteiger partial charge in [-0.2, -0.15) is 5.10 Å². The highest BCUT2D eigenvalue weighted by Crippen LogP contribution is 2.26. The Balaban J connectivity index is 2.26. The molecule has 0 atom stereocenters. The van der Waals surface area contributed by atoms with Crippen LogP contribution in [0.1, 0.15) is 25.1 Å². The van der Waals surface area contributed by atoms with E-state index < -0.39 is 4.92 Å². The largest absolute Gasteiger partial charge is 0.491 e. The number of nitrogen functional groups attached to an aromatic ring is 1. The molecule has 0 aliphatic rings. The Bertz CT molecular complexity index is 664. The van der Waals surface area contributed by atoms with Crippen molar-refractivity contribution >= 4 is 11.5 Å². The lowest BCUT2D eigenvalue weighted by molar-refractivity contribution is -0.384. The molecule has 0 spiro atoms. The molecule has 0 radical (unpaired) electrons. The lowest BCUT2D eigenvalue weighted by Gasteiger charge is -2.11. The molecule has 0 aliphatic heterocycles. The molecule has 0 fully saturated rings. The van der Waals surface area contributed by atoms with Crippen LogP contribution in [0.15, 0.2) is 24.3 Å². The van der Waals surface area contributed by atoms with Crippen LogP contribution in [-0.4, -0.2) is 20.8 Å². The molecule has 7 nitrogen and oxygen atoms in total. The molecule has 1 aromatic heterocycles. The van der Waals surface area contributed by atoms with E-state index in [-0.39, 0.29) is 17.6 Å². The first-order chi connectivity index (χ1) is 9.88. The number of hydrogen-bond donors (Lipinski definition) is 1. The van der Waals surface area contributed by atoms with Gasteiger partial charge < -0.3 is 10.5 Å². The molecule has 1 heterocycles. The first-order valence-corrected chi connectivity index (χ1v) is 6.61. The molecule has 0 aliphatic carbocycles. The molecule has 112 valence electrons. The van der Waals surface area contributed by atoms with E-state index in [9.17, 15) is 10.1 Å². The van der Waals surface area contributed by atoms with Crippen LogP contribution < -0.4 is 10.5 Å². The van der Waals surface area contributed by atoms with Gasteiger partial charge in [-0.25, -0.2) is 4.68 Å². The fourth-order valence-electron chi connectivity index (χ4n) is 2.10. The van der Waals surface area contributed by atoms with Crippen LogP contribution in [0.3, 0.4) is 0 Å². The van der Waals surface area contributed by atoms with Crippen LogP contribution >= 0.6 is 0 Å². The van der Waals surface area contributed by atoms with Gasteiger partial charge in [0.05, 0.1) is 17.6 Å². The van der Waals surface area contributed by atoms with Crippen LogP contribution in [0.2, 0.25) is 0 Å². The van der Waals surface area contributed by atoms with E-state index in [4.69, 9.17) is 10.5 Å². The van der Waals surface area contributed by atoms with Gasteiger partial charge >= 0.3 is 5.69 Å². The first-order valence-electron chi connectivity index (χ1n) is 6.61. The van der Waals surface area contributed by atoms with Crippen LogP contribution in [0, 0.1) is 17.0 Å². The summed E-state index contributed by atoms with van der Waals surface area (Å²) < 4.78 is 7.05. The molecule has 0 amide bonds. The quantitative estimate of drug-likeness (QED) is 0.674. The maximum atomic E-state index is 10.9. The number of anilines is 1. The topological polar surface area (TPSA) is 96.2 Å². The lowest BCUT2D eigenvalue weighted by atomic mass is 10.2. The number of rotatable bonds is 5. The minimum Gasteiger partial charge on any atom is -0.491 e. The first kappa shape index (κ1) is 14.8. The number of aromatic nitrogens is 2.